The molecule has 0 bridgehead atoms. The van der Waals surface area contributed by atoms with Crippen molar-refractivity contribution in [1.29, 1.82) is 0 Å². The predicted molar refractivity (Wildman–Crippen MR) is 67.2 cm³/mol. The molecule has 0 heterocycles. The highest BCUT2D eigenvalue weighted by Gasteiger charge is 1.92. The minimum atomic E-state index is 0.949. The molecule has 1 nitrogen and oxygen atoms in total. The molecule has 0 radical (unpaired) electrons. The largest absolute Gasteiger partial charge is 0.333 e. The third-order valence-corrected chi connectivity index (χ3v) is 1.48. The van der Waals surface area contributed by atoms with Gasteiger partial charge in [0.05, 0.1) is 0 Å². The van der Waals surface area contributed by atoms with Crippen LogP contribution in [0.2, 0.25) is 0 Å². The summed E-state index contributed by atoms with van der Waals surface area (Å²) in [5.74, 6) is 0.949. The van der Waals surface area contributed by atoms with E-state index in [2.05, 4.69) is 26.5 Å². The Kier molecular flexibility index (Phi) is 71.8. The standard InChI is InChI=1S/C7H16.2C2H6.CH5N/c1-4-6-7(3)5-2;3*1-2/h7H,4-6H2,1-3H3;2*1-2H3;2H2,1H3/t7-;;;/m1.../s1. The topological polar surface area (TPSA) is 26.0 Å². The van der Waals surface area contributed by atoms with Gasteiger partial charge in [-0.1, -0.05) is 67.7 Å². The second kappa shape index (κ2) is 40.4. The van der Waals surface area contributed by atoms with Gasteiger partial charge in [-0.15, -0.1) is 0 Å². The normalized spacial score (nSPS) is 9.00. The van der Waals surface area contributed by atoms with Crippen molar-refractivity contribution in [2.24, 2.45) is 11.7 Å². The Balaban J connectivity index is -0.0000000573. The van der Waals surface area contributed by atoms with Crippen LogP contribution in [-0.4, -0.2) is 7.05 Å². The maximum Gasteiger partial charge on any atom is -0.0195 e. The molecule has 0 aliphatic heterocycles. The van der Waals surface area contributed by atoms with Crippen molar-refractivity contribution >= 4 is 0 Å². The van der Waals surface area contributed by atoms with Gasteiger partial charge in [0.15, 0.2) is 0 Å². The van der Waals surface area contributed by atoms with E-state index in [-0.39, 0.29) is 0 Å². The molecule has 13 heavy (non-hydrogen) atoms. The van der Waals surface area contributed by atoms with E-state index in [1.165, 1.54) is 26.3 Å². The Morgan fingerprint density at radius 1 is 0.923 bits per heavy atom. The number of hydrogen-bond donors (Lipinski definition) is 1. The molecule has 86 valence electrons. The van der Waals surface area contributed by atoms with E-state index < -0.39 is 0 Å². The molecule has 1 heteroatoms. The Morgan fingerprint density at radius 3 is 1.31 bits per heavy atom. The first-order valence-electron chi connectivity index (χ1n) is 5.89. The molecule has 0 rings (SSSR count). The molecule has 0 saturated heterocycles. The molecule has 0 amide bonds. The molecule has 0 fully saturated rings. The van der Waals surface area contributed by atoms with Gasteiger partial charge in [-0.05, 0) is 13.0 Å². The van der Waals surface area contributed by atoms with Crippen molar-refractivity contribution in [3.05, 3.63) is 0 Å². The van der Waals surface area contributed by atoms with Crippen molar-refractivity contribution in [3.8, 4) is 0 Å². The first-order valence-corrected chi connectivity index (χ1v) is 5.89. The van der Waals surface area contributed by atoms with Crippen LogP contribution in [0.15, 0.2) is 0 Å². The summed E-state index contributed by atoms with van der Waals surface area (Å²) >= 11 is 0. The zero-order valence-electron chi connectivity index (χ0n) is 11.3. The van der Waals surface area contributed by atoms with Crippen LogP contribution in [-0.2, 0) is 0 Å². The van der Waals surface area contributed by atoms with E-state index in [4.69, 9.17) is 0 Å². The van der Waals surface area contributed by atoms with Gasteiger partial charge in [-0.25, -0.2) is 0 Å². The van der Waals surface area contributed by atoms with Crippen molar-refractivity contribution in [1.82, 2.24) is 0 Å². The van der Waals surface area contributed by atoms with Crippen LogP contribution in [0, 0.1) is 5.92 Å². The first-order chi connectivity index (χ1) is 6.31. The SMILES string of the molecule is CC.CC.CCC[C@H](C)CC.CN. The van der Waals surface area contributed by atoms with Gasteiger partial charge in [-0.3, -0.25) is 0 Å². The molecular weight excluding hydrogens is 158 g/mol. The second-order valence-electron chi connectivity index (χ2n) is 2.30. The van der Waals surface area contributed by atoms with Crippen molar-refractivity contribution in [2.45, 2.75) is 67.7 Å². The van der Waals surface area contributed by atoms with Crippen LogP contribution >= 0.6 is 0 Å². The summed E-state index contributed by atoms with van der Waals surface area (Å²) in [5, 5.41) is 0. The van der Waals surface area contributed by atoms with Gasteiger partial charge in [0.25, 0.3) is 0 Å². The minimum absolute atomic E-state index is 0.949. The maximum atomic E-state index is 4.50. The average Bonchev–Trinajstić information content (AvgIpc) is 2.27. The van der Waals surface area contributed by atoms with Crippen LogP contribution in [0.4, 0.5) is 0 Å². The van der Waals surface area contributed by atoms with Crippen LogP contribution in [0.25, 0.3) is 0 Å². The zero-order chi connectivity index (χ0) is 11.7. The highest BCUT2D eigenvalue weighted by molar-refractivity contribution is 4.45. The smallest absolute Gasteiger partial charge is 0.0195 e. The van der Waals surface area contributed by atoms with E-state index in [1.54, 1.807) is 0 Å². The molecule has 0 aliphatic carbocycles. The summed E-state index contributed by atoms with van der Waals surface area (Å²) in [7, 11) is 1.50. The molecule has 0 unspecified atom stereocenters. The van der Waals surface area contributed by atoms with Crippen molar-refractivity contribution in [3.63, 3.8) is 0 Å². The molecule has 0 saturated carbocycles. The summed E-state index contributed by atoms with van der Waals surface area (Å²) in [6, 6.07) is 0. The fraction of sp³-hybridized carbons (Fsp3) is 1.00. The summed E-state index contributed by atoms with van der Waals surface area (Å²) in [4.78, 5) is 0. The van der Waals surface area contributed by atoms with Crippen molar-refractivity contribution < 1.29 is 0 Å². The molecule has 0 spiro atoms. The van der Waals surface area contributed by atoms with E-state index in [0.717, 1.165) is 5.92 Å². The van der Waals surface area contributed by atoms with Gasteiger partial charge >= 0.3 is 0 Å². The summed E-state index contributed by atoms with van der Waals surface area (Å²) in [5.41, 5.74) is 4.50. The monoisotopic (exact) mass is 191 g/mol. The van der Waals surface area contributed by atoms with Gasteiger partial charge in [0.2, 0.25) is 0 Å². The lowest BCUT2D eigenvalue weighted by atomic mass is 10.0. The van der Waals surface area contributed by atoms with Gasteiger partial charge in [0.1, 0.15) is 0 Å². The molecule has 0 aromatic carbocycles. The molecule has 0 aromatic rings. The van der Waals surface area contributed by atoms with E-state index in [9.17, 15) is 0 Å². The van der Waals surface area contributed by atoms with Crippen LogP contribution in [0.1, 0.15) is 67.7 Å². The van der Waals surface area contributed by atoms with Crippen LogP contribution in [0.5, 0.6) is 0 Å². The Labute approximate surface area is 87.1 Å². The Hall–Kier alpha value is -0.0400. The quantitative estimate of drug-likeness (QED) is 0.700. The zero-order valence-corrected chi connectivity index (χ0v) is 11.3. The fourth-order valence-electron chi connectivity index (χ4n) is 0.697. The minimum Gasteiger partial charge on any atom is -0.333 e. The van der Waals surface area contributed by atoms with Gasteiger partial charge < -0.3 is 5.73 Å². The lowest BCUT2D eigenvalue weighted by molar-refractivity contribution is 0.509. The average molecular weight is 191 g/mol. The molecular formula is C12H33N. The van der Waals surface area contributed by atoms with Gasteiger partial charge in [0, 0.05) is 0 Å². The molecule has 0 aromatic heterocycles. The molecule has 0 aliphatic rings. The lowest BCUT2D eigenvalue weighted by Gasteiger charge is -2.02. The van der Waals surface area contributed by atoms with Crippen molar-refractivity contribution in [2.75, 3.05) is 7.05 Å². The third kappa shape index (κ3) is 48.2. The Morgan fingerprint density at radius 2 is 1.23 bits per heavy atom. The maximum absolute atomic E-state index is 4.50. The molecule has 1 atom stereocenters. The summed E-state index contributed by atoms with van der Waals surface area (Å²) < 4.78 is 0. The van der Waals surface area contributed by atoms with E-state index in [0.29, 0.717) is 0 Å². The van der Waals surface area contributed by atoms with E-state index >= 15 is 0 Å². The van der Waals surface area contributed by atoms with Gasteiger partial charge in [-0.2, -0.15) is 0 Å². The van der Waals surface area contributed by atoms with Crippen LogP contribution < -0.4 is 5.73 Å². The van der Waals surface area contributed by atoms with E-state index in [1.807, 2.05) is 27.7 Å². The highest BCUT2D eigenvalue weighted by Crippen LogP contribution is 2.07. The number of hydrogen-bond acceptors (Lipinski definition) is 1. The predicted octanol–water partition coefficient (Wildman–Crippen LogP) is 4.46. The number of rotatable bonds is 3. The molecule has 2 N–H and O–H groups in total. The number of nitrogens with two attached hydrogens (primary N) is 1. The Bertz CT molecular complexity index is 36.1. The first kappa shape index (κ1) is 23.1. The summed E-state index contributed by atoms with van der Waals surface area (Å²) in [6.45, 7) is 14.8. The second-order valence-corrected chi connectivity index (χ2v) is 2.30. The highest BCUT2D eigenvalue weighted by atomic mass is 14.4. The fourth-order valence-corrected chi connectivity index (χ4v) is 0.697. The lowest BCUT2D eigenvalue weighted by Crippen LogP contribution is -1.88. The summed E-state index contributed by atoms with van der Waals surface area (Å²) in [6.07, 6.45) is 4.08. The third-order valence-electron chi connectivity index (χ3n) is 1.48. The van der Waals surface area contributed by atoms with Crippen LogP contribution in [0.3, 0.4) is 0 Å².